The van der Waals surface area contributed by atoms with Crippen LogP contribution in [0.5, 0.6) is 11.5 Å². The molecule has 1 aromatic heterocycles. The van der Waals surface area contributed by atoms with Crippen LogP contribution in [0.25, 0.3) is 6.08 Å². The highest BCUT2D eigenvalue weighted by atomic mass is 32.1. The number of nitrogens with zero attached hydrogens (tertiary/aromatic N) is 2. The Bertz CT molecular complexity index is 1370. The molecule has 0 aliphatic carbocycles. The van der Waals surface area contributed by atoms with Gasteiger partial charge in [0, 0.05) is 5.56 Å². The zero-order valence-electron chi connectivity index (χ0n) is 17.9. The van der Waals surface area contributed by atoms with Crippen LogP contribution in [-0.2, 0) is 9.53 Å². The summed E-state index contributed by atoms with van der Waals surface area (Å²) in [6.07, 6.45) is 1.83. The number of aromatic nitrogens is 1. The Balaban J connectivity index is 1.73. The van der Waals surface area contributed by atoms with Crippen molar-refractivity contribution in [3.63, 3.8) is 0 Å². The van der Waals surface area contributed by atoms with Crippen LogP contribution in [0, 0.1) is 5.92 Å². The van der Waals surface area contributed by atoms with Gasteiger partial charge in [0.2, 0.25) is 5.72 Å². The number of hydrogen-bond acceptors (Lipinski definition) is 7. The topological polar surface area (TPSA) is 79.1 Å². The maximum atomic E-state index is 13.5. The Morgan fingerprint density at radius 1 is 1.25 bits per heavy atom. The Morgan fingerprint density at radius 2 is 2.00 bits per heavy atom. The van der Waals surface area contributed by atoms with Crippen LogP contribution in [0.15, 0.2) is 58.3 Å². The van der Waals surface area contributed by atoms with Gasteiger partial charge < -0.3 is 14.2 Å². The van der Waals surface area contributed by atoms with Gasteiger partial charge >= 0.3 is 5.97 Å². The van der Waals surface area contributed by atoms with Crippen molar-refractivity contribution in [3.05, 3.63) is 79.3 Å². The third-order valence-electron chi connectivity index (χ3n) is 5.83. The van der Waals surface area contributed by atoms with Crippen molar-refractivity contribution in [1.29, 1.82) is 0 Å². The van der Waals surface area contributed by atoms with Crippen LogP contribution >= 0.6 is 11.3 Å². The number of benzene rings is 2. The predicted molar refractivity (Wildman–Crippen MR) is 120 cm³/mol. The second kappa shape index (κ2) is 7.63. The van der Waals surface area contributed by atoms with E-state index in [4.69, 9.17) is 19.2 Å². The Morgan fingerprint density at radius 3 is 2.72 bits per heavy atom. The van der Waals surface area contributed by atoms with Gasteiger partial charge in [-0.25, -0.2) is 4.99 Å². The second-order valence-corrected chi connectivity index (χ2v) is 8.83. The number of para-hydroxylation sites is 1. The summed E-state index contributed by atoms with van der Waals surface area (Å²) in [5.41, 5.74) is 0.285. The summed E-state index contributed by atoms with van der Waals surface area (Å²) in [5.74, 6) is 0.162. The number of hydrogen-bond donors (Lipinski definition) is 0. The minimum Gasteiger partial charge on any atom is -0.497 e. The highest BCUT2D eigenvalue weighted by Crippen LogP contribution is 2.47. The molecular weight excluding hydrogens is 428 g/mol. The van der Waals surface area contributed by atoms with Gasteiger partial charge in [0.15, 0.2) is 4.80 Å². The lowest BCUT2D eigenvalue weighted by atomic mass is 9.81. The van der Waals surface area contributed by atoms with Gasteiger partial charge in [-0.05, 0) is 43.7 Å². The molecule has 2 aliphatic heterocycles. The molecule has 3 aromatic rings. The monoisotopic (exact) mass is 450 g/mol. The molecule has 0 unspecified atom stereocenters. The first-order valence-electron chi connectivity index (χ1n) is 10.4. The number of methoxy groups -OCH3 is 1. The quantitative estimate of drug-likeness (QED) is 0.570. The second-order valence-electron chi connectivity index (χ2n) is 7.82. The maximum Gasteiger partial charge on any atom is 0.317 e. The first-order valence-corrected chi connectivity index (χ1v) is 11.2. The molecule has 7 nitrogen and oxygen atoms in total. The number of thiazole rings is 1. The van der Waals surface area contributed by atoms with E-state index in [9.17, 15) is 9.59 Å². The van der Waals surface area contributed by atoms with E-state index < -0.39 is 23.7 Å². The Hall–Kier alpha value is -3.39. The molecule has 2 aromatic carbocycles. The van der Waals surface area contributed by atoms with Gasteiger partial charge in [-0.3, -0.25) is 14.2 Å². The van der Waals surface area contributed by atoms with Gasteiger partial charge in [-0.15, -0.1) is 0 Å². The van der Waals surface area contributed by atoms with Crippen molar-refractivity contribution < 1.29 is 19.0 Å². The van der Waals surface area contributed by atoms with Crippen LogP contribution in [0.4, 0.5) is 0 Å². The number of esters is 1. The summed E-state index contributed by atoms with van der Waals surface area (Å²) in [6, 6.07) is 14.4. The summed E-state index contributed by atoms with van der Waals surface area (Å²) >= 11 is 1.29. The highest BCUT2D eigenvalue weighted by molar-refractivity contribution is 7.07. The standard InChI is InChI=1S/C24H22N2O5S/c1-4-30-22(28)19-20-16-7-5-6-8-17(16)31-24(19,2)25-23-26(20)21(27)18(32-23)13-14-9-11-15(29-3)12-10-14/h5-13,19-20H,4H2,1-3H3/t19-,20-,24-/m1/s1. The zero-order valence-corrected chi connectivity index (χ0v) is 18.7. The first-order chi connectivity index (χ1) is 15.4. The van der Waals surface area contributed by atoms with E-state index in [1.807, 2.05) is 54.6 Å². The first kappa shape index (κ1) is 20.5. The molecule has 0 radical (unpaired) electrons. The highest BCUT2D eigenvalue weighted by Gasteiger charge is 2.55. The molecule has 3 atom stereocenters. The van der Waals surface area contributed by atoms with E-state index >= 15 is 0 Å². The normalized spacial score (nSPS) is 23.4. The lowest BCUT2D eigenvalue weighted by Crippen LogP contribution is -2.58. The molecular formula is C24H22N2O5S. The number of carbonyl (C=O) groups is 1. The van der Waals surface area contributed by atoms with Gasteiger partial charge in [-0.1, -0.05) is 41.7 Å². The summed E-state index contributed by atoms with van der Waals surface area (Å²) in [7, 11) is 1.61. The lowest BCUT2D eigenvalue weighted by Gasteiger charge is -2.44. The third kappa shape index (κ3) is 3.14. The van der Waals surface area contributed by atoms with E-state index in [2.05, 4.69) is 0 Å². The van der Waals surface area contributed by atoms with Gasteiger partial charge in [0.25, 0.3) is 5.56 Å². The summed E-state index contributed by atoms with van der Waals surface area (Å²) in [4.78, 5) is 31.8. The summed E-state index contributed by atoms with van der Waals surface area (Å²) < 4.78 is 18.9. The molecule has 0 saturated carbocycles. The average Bonchev–Trinajstić information content (AvgIpc) is 3.07. The maximum absolute atomic E-state index is 13.5. The molecule has 2 bridgehead atoms. The van der Waals surface area contributed by atoms with E-state index in [0.717, 1.165) is 16.9 Å². The summed E-state index contributed by atoms with van der Waals surface area (Å²) in [5, 5.41) is 0. The molecule has 8 heteroatoms. The summed E-state index contributed by atoms with van der Waals surface area (Å²) in [6.45, 7) is 3.77. The van der Waals surface area contributed by atoms with Gasteiger partial charge in [0.05, 0.1) is 24.3 Å². The van der Waals surface area contributed by atoms with Crippen molar-refractivity contribution >= 4 is 23.4 Å². The number of rotatable bonds is 4. The molecule has 0 fully saturated rings. The lowest BCUT2D eigenvalue weighted by molar-refractivity contribution is -0.160. The third-order valence-corrected chi connectivity index (χ3v) is 6.82. The Kier molecular flexibility index (Phi) is 4.89. The van der Waals surface area contributed by atoms with Crippen molar-refractivity contribution in [2.24, 2.45) is 10.9 Å². The molecule has 2 aliphatic rings. The number of fused-ring (bicyclic) bond motifs is 6. The van der Waals surface area contributed by atoms with Crippen LogP contribution in [0.2, 0.25) is 0 Å². The molecule has 0 N–H and O–H groups in total. The van der Waals surface area contributed by atoms with Crippen LogP contribution in [0.3, 0.4) is 0 Å². The van der Waals surface area contributed by atoms with Crippen LogP contribution in [-0.4, -0.2) is 30.0 Å². The van der Waals surface area contributed by atoms with Gasteiger partial charge in [-0.2, -0.15) is 0 Å². The van der Waals surface area contributed by atoms with Gasteiger partial charge in [0.1, 0.15) is 17.4 Å². The average molecular weight is 451 g/mol. The van der Waals surface area contributed by atoms with E-state index in [0.29, 0.717) is 15.1 Å². The Labute approximate surface area is 188 Å². The van der Waals surface area contributed by atoms with Crippen molar-refractivity contribution in [3.8, 4) is 11.5 Å². The molecule has 0 saturated heterocycles. The molecule has 0 amide bonds. The van der Waals surface area contributed by atoms with Crippen LogP contribution < -0.4 is 24.4 Å². The largest absolute Gasteiger partial charge is 0.497 e. The molecule has 3 heterocycles. The zero-order chi connectivity index (χ0) is 22.5. The fourth-order valence-electron chi connectivity index (χ4n) is 4.39. The van der Waals surface area contributed by atoms with E-state index in [1.54, 1.807) is 25.5 Å². The number of ether oxygens (including phenoxy) is 3. The fraction of sp³-hybridized carbons (Fsp3) is 0.292. The predicted octanol–water partition coefficient (Wildman–Crippen LogP) is 2.26. The molecule has 164 valence electrons. The number of carbonyl (C=O) groups excluding carboxylic acids is 1. The minimum absolute atomic E-state index is 0.192. The van der Waals surface area contributed by atoms with Crippen molar-refractivity contribution in [2.45, 2.75) is 25.6 Å². The van der Waals surface area contributed by atoms with Crippen molar-refractivity contribution in [1.82, 2.24) is 4.57 Å². The SMILES string of the molecule is CCOC(=O)[C@H]1[C@H]2c3ccccc3O[C@@]1(C)N=c1sc(=Cc3ccc(OC)cc3)c(=O)n12. The molecule has 5 rings (SSSR count). The molecule has 32 heavy (non-hydrogen) atoms. The minimum atomic E-state index is -1.17. The van der Waals surface area contributed by atoms with Crippen LogP contribution in [0.1, 0.15) is 31.0 Å². The fourth-order valence-corrected chi connectivity index (χ4v) is 5.49. The van der Waals surface area contributed by atoms with Crippen molar-refractivity contribution in [2.75, 3.05) is 13.7 Å². The molecule has 0 spiro atoms. The van der Waals surface area contributed by atoms with E-state index in [-0.39, 0.29) is 12.2 Å². The van der Waals surface area contributed by atoms with E-state index in [1.165, 1.54) is 11.3 Å². The smallest absolute Gasteiger partial charge is 0.317 e.